The summed E-state index contributed by atoms with van der Waals surface area (Å²) in [4.78, 5) is 12.2. The predicted molar refractivity (Wildman–Crippen MR) is 93.4 cm³/mol. The van der Waals surface area contributed by atoms with Gasteiger partial charge in [0, 0.05) is 6.08 Å². The molecule has 0 aromatic heterocycles. The highest BCUT2D eigenvalue weighted by atomic mass is 79.9. The summed E-state index contributed by atoms with van der Waals surface area (Å²) in [6, 6.07) is 4.13. The zero-order valence-corrected chi connectivity index (χ0v) is 15.5. The largest absolute Gasteiger partial charge is 0.466 e. The lowest BCUT2D eigenvalue weighted by Crippen LogP contribution is -2.45. The Morgan fingerprint density at radius 2 is 2.00 bits per heavy atom. The van der Waals surface area contributed by atoms with Gasteiger partial charge in [0.25, 0.3) is 0 Å². The molecule has 0 saturated heterocycles. The minimum Gasteiger partial charge on any atom is -0.466 e. The molecule has 5 heteroatoms. The SMILES string of the molecule is CC(=O)C1=C(C)OC(C)=C[C@]12Nc1cc(C(C)C)cc(Br)c1O2. The first-order valence-electron chi connectivity index (χ1n) is 7.64. The van der Waals surface area contributed by atoms with Crippen molar-refractivity contribution in [3.05, 3.63) is 45.3 Å². The number of carbonyl (C=O) groups excluding carboxylic acids is 1. The third-order valence-electron chi connectivity index (χ3n) is 4.11. The van der Waals surface area contributed by atoms with Crippen molar-refractivity contribution >= 4 is 27.4 Å². The Bertz CT molecular complexity index is 764. The van der Waals surface area contributed by atoms with Crippen LogP contribution in [-0.2, 0) is 9.53 Å². The lowest BCUT2D eigenvalue weighted by atomic mass is 9.95. The second kappa shape index (κ2) is 5.41. The van der Waals surface area contributed by atoms with E-state index < -0.39 is 5.72 Å². The highest BCUT2D eigenvalue weighted by molar-refractivity contribution is 9.10. The maximum absolute atomic E-state index is 12.2. The smallest absolute Gasteiger partial charge is 0.237 e. The number of ether oxygens (including phenoxy) is 2. The average molecular weight is 378 g/mol. The molecule has 23 heavy (non-hydrogen) atoms. The Balaban J connectivity index is 2.13. The fraction of sp³-hybridized carbons (Fsp3) is 0.389. The summed E-state index contributed by atoms with van der Waals surface area (Å²) in [6.45, 7) is 9.45. The molecule has 4 nitrogen and oxygen atoms in total. The lowest BCUT2D eigenvalue weighted by molar-refractivity contribution is -0.115. The Morgan fingerprint density at radius 1 is 1.30 bits per heavy atom. The summed E-state index contributed by atoms with van der Waals surface area (Å²) in [5.41, 5.74) is 1.57. The molecule has 0 radical (unpaired) electrons. The van der Waals surface area contributed by atoms with Crippen molar-refractivity contribution in [1.82, 2.24) is 0 Å². The van der Waals surface area contributed by atoms with Gasteiger partial charge in [-0.25, -0.2) is 0 Å². The molecule has 1 spiro atoms. The number of anilines is 1. The molecule has 1 N–H and O–H groups in total. The summed E-state index contributed by atoms with van der Waals surface area (Å²) < 4.78 is 12.7. The van der Waals surface area contributed by atoms with Gasteiger partial charge in [-0.1, -0.05) is 13.8 Å². The molecule has 0 unspecified atom stereocenters. The second-order valence-electron chi connectivity index (χ2n) is 6.34. The third-order valence-corrected chi connectivity index (χ3v) is 4.70. The highest BCUT2D eigenvalue weighted by Gasteiger charge is 2.47. The van der Waals surface area contributed by atoms with Gasteiger partial charge >= 0.3 is 0 Å². The number of hydrogen-bond acceptors (Lipinski definition) is 4. The molecule has 1 atom stereocenters. The van der Waals surface area contributed by atoms with Crippen LogP contribution in [0.3, 0.4) is 0 Å². The van der Waals surface area contributed by atoms with E-state index >= 15 is 0 Å². The van der Waals surface area contributed by atoms with Gasteiger partial charge in [0.15, 0.2) is 11.5 Å². The van der Waals surface area contributed by atoms with E-state index in [-0.39, 0.29) is 5.78 Å². The van der Waals surface area contributed by atoms with Crippen molar-refractivity contribution in [2.24, 2.45) is 0 Å². The number of allylic oxidation sites excluding steroid dienone is 2. The van der Waals surface area contributed by atoms with Crippen molar-refractivity contribution < 1.29 is 14.3 Å². The quantitative estimate of drug-likeness (QED) is 0.798. The van der Waals surface area contributed by atoms with Crippen LogP contribution in [0.15, 0.2) is 39.8 Å². The van der Waals surface area contributed by atoms with Crippen LogP contribution in [0, 0.1) is 0 Å². The predicted octanol–water partition coefficient (Wildman–Crippen LogP) is 4.87. The van der Waals surface area contributed by atoms with Crippen molar-refractivity contribution in [3.63, 3.8) is 0 Å². The van der Waals surface area contributed by atoms with Crippen LogP contribution in [0.5, 0.6) is 5.75 Å². The van der Waals surface area contributed by atoms with Crippen LogP contribution in [-0.4, -0.2) is 11.5 Å². The third kappa shape index (κ3) is 2.57. The van der Waals surface area contributed by atoms with E-state index in [1.54, 1.807) is 6.92 Å². The van der Waals surface area contributed by atoms with Crippen molar-refractivity contribution in [1.29, 1.82) is 0 Å². The Morgan fingerprint density at radius 3 is 2.61 bits per heavy atom. The van der Waals surface area contributed by atoms with Gasteiger partial charge in [-0.3, -0.25) is 4.79 Å². The molecule has 0 amide bonds. The fourth-order valence-corrected chi connectivity index (χ4v) is 3.72. The van der Waals surface area contributed by atoms with Gasteiger partial charge in [-0.15, -0.1) is 0 Å². The van der Waals surface area contributed by atoms with Crippen molar-refractivity contribution in [2.45, 2.75) is 46.3 Å². The molecule has 0 fully saturated rings. The number of Topliss-reactive ketones (excluding diaryl/α,β-unsaturated/α-hetero) is 1. The monoisotopic (exact) mass is 377 g/mol. The molecule has 122 valence electrons. The first-order chi connectivity index (χ1) is 10.7. The summed E-state index contributed by atoms with van der Waals surface area (Å²) in [7, 11) is 0. The normalized spacial score (nSPS) is 22.5. The first kappa shape index (κ1) is 16.1. The van der Waals surface area contributed by atoms with Gasteiger partial charge in [0.1, 0.15) is 17.1 Å². The number of benzene rings is 1. The van der Waals surface area contributed by atoms with E-state index in [0.717, 1.165) is 10.2 Å². The van der Waals surface area contributed by atoms with Crippen LogP contribution in [0.2, 0.25) is 0 Å². The maximum Gasteiger partial charge on any atom is 0.237 e. The van der Waals surface area contributed by atoms with E-state index in [2.05, 4.69) is 47.2 Å². The molecule has 0 bridgehead atoms. The molecule has 0 aliphatic carbocycles. The standard InChI is InChI=1S/C18H20BrNO3/c1-9(2)13-6-14(19)17-15(7-13)20-18(23-17)8-10(3)22-12(5)16(18)11(4)21/h6-9,20H,1-5H3/t18-/m1/s1. The number of halogens is 1. The minimum atomic E-state index is -1.00. The number of carbonyl (C=O) groups is 1. The molecule has 1 aromatic rings. The zero-order valence-electron chi connectivity index (χ0n) is 13.9. The molecule has 0 saturated carbocycles. The van der Waals surface area contributed by atoms with E-state index in [9.17, 15) is 4.79 Å². The Labute approximate surface area is 144 Å². The topological polar surface area (TPSA) is 47.6 Å². The van der Waals surface area contributed by atoms with E-state index in [1.807, 2.05) is 13.0 Å². The van der Waals surface area contributed by atoms with E-state index in [4.69, 9.17) is 9.47 Å². The van der Waals surface area contributed by atoms with E-state index in [1.165, 1.54) is 12.5 Å². The lowest BCUT2D eigenvalue weighted by Gasteiger charge is -2.32. The summed E-state index contributed by atoms with van der Waals surface area (Å²) >= 11 is 3.59. The number of rotatable bonds is 2. The average Bonchev–Trinajstić information content (AvgIpc) is 2.75. The van der Waals surface area contributed by atoms with E-state index in [0.29, 0.717) is 28.8 Å². The molecule has 2 aliphatic rings. The zero-order chi connectivity index (χ0) is 16.9. The number of ketones is 1. The van der Waals surface area contributed by atoms with Crippen LogP contribution >= 0.6 is 15.9 Å². The van der Waals surface area contributed by atoms with Gasteiger partial charge in [0.2, 0.25) is 5.72 Å². The minimum absolute atomic E-state index is 0.0771. The fourth-order valence-electron chi connectivity index (χ4n) is 3.16. The van der Waals surface area contributed by atoms with Crippen LogP contribution in [0.25, 0.3) is 0 Å². The molecule has 2 heterocycles. The van der Waals surface area contributed by atoms with Crippen LogP contribution < -0.4 is 10.1 Å². The molecular formula is C18H20BrNO3. The first-order valence-corrected chi connectivity index (χ1v) is 8.43. The van der Waals surface area contributed by atoms with Crippen LogP contribution in [0.1, 0.15) is 46.1 Å². The Hall–Kier alpha value is -1.75. The maximum atomic E-state index is 12.2. The summed E-state index contributed by atoms with van der Waals surface area (Å²) in [5.74, 6) is 2.30. The van der Waals surface area contributed by atoms with Gasteiger partial charge in [-0.05, 0) is 60.3 Å². The van der Waals surface area contributed by atoms with Gasteiger partial charge in [-0.2, -0.15) is 0 Å². The van der Waals surface area contributed by atoms with Crippen LogP contribution in [0.4, 0.5) is 5.69 Å². The number of nitrogens with one attached hydrogen (secondary N) is 1. The summed E-state index contributed by atoms with van der Waals surface area (Å²) in [5, 5.41) is 3.39. The number of hydrogen-bond donors (Lipinski definition) is 1. The van der Waals surface area contributed by atoms with Gasteiger partial charge < -0.3 is 14.8 Å². The molecule has 1 aromatic carbocycles. The Kier molecular flexibility index (Phi) is 3.79. The number of fused-ring (bicyclic) bond motifs is 1. The molecular weight excluding hydrogens is 358 g/mol. The molecule has 2 aliphatic heterocycles. The second-order valence-corrected chi connectivity index (χ2v) is 7.20. The van der Waals surface area contributed by atoms with Gasteiger partial charge in [0.05, 0.1) is 10.2 Å². The highest BCUT2D eigenvalue weighted by Crippen LogP contribution is 2.48. The molecule has 3 rings (SSSR count). The van der Waals surface area contributed by atoms with Crippen molar-refractivity contribution in [2.75, 3.05) is 5.32 Å². The summed E-state index contributed by atoms with van der Waals surface area (Å²) in [6.07, 6.45) is 1.82. The van der Waals surface area contributed by atoms with Crippen molar-refractivity contribution in [3.8, 4) is 5.75 Å².